The number of halogens is 1. The Morgan fingerprint density at radius 3 is 2.11 bits per heavy atom. The van der Waals surface area contributed by atoms with E-state index in [9.17, 15) is 13.2 Å². The maximum absolute atomic E-state index is 12.8. The van der Waals surface area contributed by atoms with Crippen molar-refractivity contribution in [1.82, 2.24) is 0 Å². The summed E-state index contributed by atoms with van der Waals surface area (Å²) in [5.41, 5.74) is 3.93. The van der Waals surface area contributed by atoms with Crippen LogP contribution in [0.25, 0.3) is 0 Å². The quantitative estimate of drug-likeness (QED) is 0.288. The summed E-state index contributed by atoms with van der Waals surface area (Å²) in [6.07, 6.45) is 1.56. The van der Waals surface area contributed by atoms with Gasteiger partial charge in [0.05, 0.1) is 11.5 Å². The number of hydrogen-bond acceptors (Lipinski definition) is 5. The van der Waals surface area contributed by atoms with Gasteiger partial charge in [0.25, 0.3) is 15.9 Å². The standard InChI is InChI=1S/C27H31BrN2O5S/c1-5-19-15-21(28)16-20(6-2)27(19)29-26(31)17-35-25-13-12-24(14-18(25)4)36(32,33)30-22-8-10-23(11-9-22)34-7-3/h8-16,30H,5-7,17H2,1-4H3,(H,29,31). The zero-order chi connectivity index (χ0) is 26.3. The van der Waals surface area contributed by atoms with Crippen molar-refractivity contribution in [3.8, 4) is 11.5 Å². The number of anilines is 2. The number of hydrogen-bond donors (Lipinski definition) is 2. The molecule has 0 fully saturated rings. The molecule has 192 valence electrons. The van der Waals surface area contributed by atoms with Crippen molar-refractivity contribution in [2.24, 2.45) is 0 Å². The smallest absolute Gasteiger partial charge is 0.262 e. The number of aryl methyl sites for hydroxylation is 3. The van der Waals surface area contributed by atoms with Crippen LogP contribution in [0.3, 0.4) is 0 Å². The molecule has 0 saturated carbocycles. The molecule has 0 atom stereocenters. The van der Waals surface area contributed by atoms with E-state index in [1.54, 1.807) is 37.3 Å². The normalized spacial score (nSPS) is 11.1. The van der Waals surface area contributed by atoms with E-state index >= 15 is 0 Å². The highest BCUT2D eigenvalue weighted by Gasteiger charge is 2.17. The molecule has 0 heterocycles. The van der Waals surface area contributed by atoms with Crippen molar-refractivity contribution in [2.75, 3.05) is 23.3 Å². The maximum atomic E-state index is 12.8. The van der Waals surface area contributed by atoms with Crippen LogP contribution in [-0.4, -0.2) is 27.5 Å². The molecule has 0 aliphatic heterocycles. The largest absolute Gasteiger partial charge is 0.494 e. The van der Waals surface area contributed by atoms with Crippen LogP contribution in [0.1, 0.15) is 37.5 Å². The van der Waals surface area contributed by atoms with Crippen molar-refractivity contribution < 1.29 is 22.7 Å². The van der Waals surface area contributed by atoms with E-state index < -0.39 is 10.0 Å². The molecule has 2 N–H and O–H groups in total. The molecule has 3 aromatic rings. The zero-order valence-electron chi connectivity index (χ0n) is 20.9. The minimum Gasteiger partial charge on any atom is -0.494 e. The lowest BCUT2D eigenvalue weighted by Crippen LogP contribution is -2.22. The van der Waals surface area contributed by atoms with E-state index in [-0.39, 0.29) is 17.4 Å². The molecule has 0 aromatic heterocycles. The van der Waals surface area contributed by atoms with Gasteiger partial charge in [0.1, 0.15) is 11.5 Å². The van der Waals surface area contributed by atoms with Crippen molar-refractivity contribution >= 4 is 43.2 Å². The second kappa shape index (κ2) is 12.3. The van der Waals surface area contributed by atoms with Gasteiger partial charge in [-0.1, -0.05) is 29.8 Å². The lowest BCUT2D eigenvalue weighted by Gasteiger charge is -2.16. The Bertz CT molecular complexity index is 1300. The van der Waals surface area contributed by atoms with Gasteiger partial charge in [-0.25, -0.2) is 8.42 Å². The molecule has 0 bridgehead atoms. The fourth-order valence-corrected chi connectivity index (χ4v) is 5.41. The SMILES string of the molecule is CCOc1ccc(NS(=O)(=O)c2ccc(OCC(=O)Nc3c(CC)cc(Br)cc3CC)c(C)c2)cc1. The number of sulfonamides is 1. The molecule has 9 heteroatoms. The van der Waals surface area contributed by atoms with E-state index in [2.05, 4.69) is 26.0 Å². The van der Waals surface area contributed by atoms with Gasteiger partial charge in [-0.15, -0.1) is 0 Å². The second-order valence-corrected chi connectivity index (χ2v) is 10.7. The number of amides is 1. The number of rotatable bonds is 11. The van der Waals surface area contributed by atoms with Gasteiger partial charge in [0.2, 0.25) is 0 Å². The van der Waals surface area contributed by atoms with E-state index in [0.29, 0.717) is 29.4 Å². The second-order valence-electron chi connectivity index (χ2n) is 8.13. The van der Waals surface area contributed by atoms with Crippen molar-refractivity contribution in [2.45, 2.75) is 45.4 Å². The van der Waals surface area contributed by atoms with E-state index in [1.807, 2.05) is 32.9 Å². The molecule has 7 nitrogen and oxygen atoms in total. The average Bonchev–Trinajstić information content (AvgIpc) is 2.85. The Morgan fingerprint density at radius 1 is 0.917 bits per heavy atom. The number of benzene rings is 3. The predicted molar refractivity (Wildman–Crippen MR) is 147 cm³/mol. The van der Waals surface area contributed by atoms with Gasteiger partial charge in [0.15, 0.2) is 6.61 Å². The summed E-state index contributed by atoms with van der Waals surface area (Å²) in [4.78, 5) is 12.7. The summed E-state index contributed by atoms with van der Waals surface area (Å²) in [7, 11) is -3.80. The molecule has 0 spiro atoms. The lowest BCUT2D eigenvalue weighted by molar-refractivity contribution is -0.118. The van der Waals surface area contributed by atoms with Crippen LogP contribution in [0, 0.1) is 6.92 Å². The van der Waals surface area contributed by atoms with Gasteiger partial charge < -0.3 is 14.8 Å². The van der Waals surface area contributed by atoms with Crippen LogP contribution < -0.4 is 19.5 Å². The van der Waals surface area contributed by atoms with Crippen LogP contribution in [-0.2, 0) is 27.7 Å². The van der Waals surface area contributed by atoms with Crippen LogP contribution in [0.2, 0.25) is 0 Å². The summed E-state index contributed by atoms with van der Waals surface area (Å²) in [5, 5.41) is 2.97. The van der Waals surface area contributed by atoms with Crippen LogP contribution >= 0.6 is 15.9 Å². The van der Waals surface area contributed by atoms with Crippen LogP contribution in [0.4, 0.5) is 11.4 Å². The molecular formula is C27H31BrN2O5S. The van der Waals surface area contributed by atoms with E-state index in [0.717, 1.165) is 34.1 Å². The first-order valence-corrected chi connectivity index (χ1v) is 14.0. The molecule has 0 aliphatic rings. The van der Waals surface area contributed by atoms with Gasteiger partial charge in [-0.3, -0.25) is 9.52 Å². The molecule has 1 amide bonds. The average molecular weight is 576 g/mol. The van der Waals surface area contributed by atoms with Crippen LogP contribution in [0.15, 0.2) is 64.0 Å². The number of ether oxygens (including phenoxy) is 2. The lowest BCUT2D eigenvalue weighted by atomic mass is 10.0. The molecule has 0 aliphatic carbocycles. The fraction of sp³-hybridized carbons (Fsp3) is 0.296. The molecule has 0 radical (unpaired) electrons. The summed E-state index contributed by atoms with van der Waals surface area (Å²) < 4.78 is 40.3. The van der Waals surface area contributed by atoms with E-state index in [4.69, 9.17) is 9.47 Å². The van der Waals surface area contributed by atoms with E-state index in [1.165, 1.54) is 12.1 Å². The number of carbonyl (C=O) groups is 1. The Labute approximate surface area is 221 Å². The molecule has 0 unspecified atom stereocenters. The maximum Gasteiger partial charge on any atom is 0.262 e. The Morgan fingerprint density at radius 2 is 1.56 bits per heavy atom. The van der Waals surface area contributed by atoms with Crippen molar-refractivity contribution in [1.29, 1.82) is 0 Å². The number of nitrogens with one attached hydrogen (secondary N) is 2. The van der Waals surface area contributed by atoms with Gasteiger partial charge >= 0.3 is 0 Å². The van der Waals surface area contributed by atoms with Gasteiger partial charge in [-0.05, 0) is 98.0 Å². The minimum absolute atomic E-state index is 0.0979. The topological polar surface area (TPSA) is 93.7 Å². The van der Waals surface area contributed by atoms with Crippen molar-refractivity contribution in [3.05, 3.63) is 75.8 Å². The number of carbonyl (C=O) groups excluding carboxylic acids is 1. The summed E-state index contributed by atoms with van der Waals surface area (Å²) in [6.45, 7) is 8.03. The van der Waals surface area contributed by atoms with Gasteiger partial charge in [-0.2, -0.15) is 0 Å². The predicted octanol–water partition coefficient (Wildman–Crippen LogP) is 6.10. The minimum atomic E-state index is -3.80. The summed E-state index contributed by atoms with van der Waals surface area (Å²) >= 11 is 3.52. The fourth-order valence-electron chi connectivity index (χ4n) is 3.71. The first kappa shape index (κ1) is 27.5. The Balaban J connectivity index is 1.66. The third kappa shape index (κ3) is 7.01. The summed E-state index contributed by atoms with van der Waals surface area (Å²) in [6, 6.07) is 15.2. The van der Waals surface area contributed by atoms with Gasteiger partial charge in [0, 0.05) is 15.8 Å². The molecule has 36 heavy (non-hydrogen) atoms. The molecule has 0 saturated heterocycles. The highest BCUT2D eigenvalue weighted by molar-refractivity contribution is 9.10. The summed E-state index contributed by atoms with van der Waals surface area (Å²) in [5.74, 6) is 0.821. The first-order chi connectivity index (χ1) is 17.2. The third-order valence-electron chi connectivity index (χ3n) is 5.53. The monoisotopic (exact) mass is 574 g/mol. The highest BCUT2D eigenvalue weighted by atomic mass is 79.9. The van der Waals surface area contributed by atoms with Crippen LogP contribution in [0.5, 0.6) is 11.5 Å². The Kier molecular flexibility index (Phi) is 9.39. The molecule has 3 aromatic carbocycles. The zero-order valence-corrected chi connectivity index (χ0v) is 23.3. The highest BCUT2D eigenvalue weighted by Crippen LogP contribution is 2.28. The molecular weight excluding hydrogens is 544 g/mol. The Hall–Kier alpha value is -3.04. The molecule has 3 rings (SSSR count). The first-order valence-electron chi connectivity index (χ1n) is 11.8. The van der Waals surface area contributed by atoms with Crippen molar-refractivity contribution in [3.63, 3.8) is 0 Å². The third-order valence-corrected chi connectivity index (χ3v) is 7.36.